The summed E-state index contributed by atoms with van der Waals surface area (Å²) in [6, 6.07) is 0. The SMILES string of the molecule is CCCCCC/C=C/C=C/CCCCCCCC(=O)O[C@H](COC(=O)CCCCCCC/C=C/CCCCCCCC)CO[C@@H]1O[C@H](CO[C@@H]2O[C@H](CO)[C@H](O)C(O)C2O)[C@H](O)C(O)C1O. The van der Waals surface area contributed by atoms with Crippen LogP contribution in [0, 0.1) is 0 Å². The summed E-state index contributed by atoms with van der Waals surface area (Å²) in [7, 11) is 0. The number of carbonyl (C=O) groups is 2. The largest absolute Gasteiger partial charge is 0.462 e. The maximum absolute atomic E-state index is 13.0. The number of aliphatic hydroxyl groups is 7. The van der Waals surface area contributed by atoms with E-state index in [0.29, 0.717) is 12.8 Å². The normalized spacial score (nSPS) is 26.4. The third kappa shape index (κ3) is 26.5. The maximum Gasteiger partial charge on any atom is 0.306 e. The molecule has 0 amide bonds. The van der Waals surface area contributed by atoms with Crippen LogP contribution >= 0.6 is 0 Å². The van der Waals surface area contributed by atoms with Gasteiger partial charge in [-0.25, -0.2) is 0 Å². The molecule has 0 aromatic heterocycles. The second-order valence-corrected chi connectivity index (χ2v) is 18.0. The highest BCUT2D eigenvalue weighted by Crippen LogP contribution is 2.26. The number of allylic oxidation sites excluding steroid dienone is 6. The number of esters is 2. The topological polar surface area (TPSA) is 231 Å². The molecule has 2 heterocycles. The predicted octanol–water partition coefficient (Wildman–Crippen LogP) is 6.93. The predicted molar refractivity (Wildman–Crippen MR) is 252 cm³/mol. The highest BCUT2D eigenvalue weighted by atomic mass is 16.7. The molecule has 7 N–H and O–H groups in total. The van der Waals surface area contributed by atoms with Crippen LogP contribution in [0.2, 0.25) is 0 Å². The first-order chi connectivity index (χ1) is 32.0. The van der Waals surface area contributed by atoms with Crippen molar-refractivity contribution >= 4 is 11.9 Å². The highest BCUT2D eigenvalue weighted by Gasteiger charge is 2.47. The fourth-order valence-corrected chi connectivity index (χ4v) is 7.85. The van der Waals surface area contributed by atoms with Crippen molar-refractivity contribution in [3.63, 3.8) is 0 Å². The summed E-state index contributed by atoms with van der Waals surface area (Å²) >= 11 is 0. The lowest BCUT2D eigenvalue weighted by molar-refractivity contribution is -0.332. The minimum Gasteiger partial charge on any atom is -0.462 e. The Hall–Kier alpha value is -2.28. The molecule has 4 unspecified atom stereocenters. The second-order valence-electron chi connectivity index (χ2n) is 18.0. The van der Waals surface area contributed by atoms with Gasteiger partial charge in [-0.05, 0) is 64.2 Å². The van der Waals surface area contributed by atoms with E-state index in [4.69, 9.17) is 28.4 Å². The van der Waals surface area contributed by atoms with Crippen LogP contribution in [0.5, 0.6) is 0 Å². The summed E-state index contributed by atoms with van der Waals surface area (Å²) in [5, 5.41) is 72.0. The van der Waals surface area contributed by atoms with E-state index in [1.807, 2.05) is 0 Å². The molecular weight excluding hydrogens is 853 g/mol. The highest BCUT2D eigenvalue weighted by molar-refractivity contribution is 5.70. The van der Waals surface area contributed by atoms with Gasteiger partial charge in [-0.2, -0.15) is 0 Å². The van der Waals surface area contributed by atoms with E-state index in [1.165, 1.54) is 64.2 Å². The Labute approximate surface area is 395 Å². The van der Waals surface area contributed by atoms with Crippen molar-refractivity contribution in [2.24, 2.45) is 0 Å². The van der Waals surface area contributed by atoms with Crippen LogP contribution in [0.25, 0.3) is 0 Å². The average Bonchev–Trinajstić information content (AvgIpc) is 3.31. The van der Waals surface area contributed by atoms with Crippen LogP contribution < -0.4 is 0 Å². The Morgan fingerprint density at radius 1 is 0.485 bits per heavy atom. The molecule has 15 nitrogen and oxygen atoms in total. The van der Waals surface area contributed by atoms with Crippen molar-refractivity contribution in [2.45, 2.75) is 248 Å². The van der Waals surface area contributed by atoms with Crippen LogP contribution in [-0.2, 0) is 38.0 Å². The second kappa shape index (κ2) is 38.6. The first kappa shape index (κ1) is 59.8. The molecule has 0 aromatic carbocycles. The van der Waals surface area contributed by atoms with E-state index in [0.717, 1.165) is 77.0 Å². The third-order valence-corrected chi connectivity index (χ3v) is 12.1. The van der Waals surface area contributed by atoms with Crippen molar-refractivity contribution in [1.82, 2.24) is 0 Å². The number of rotatable bonds is 39. The van der Waals surface area contributed by atoms with E-state index in [2.05, 4.69) is 50.3 Å². The number of hydrogen-bond donors (Lipinski definition) is 7. The molecule has 2 fully saturated rings. The van der Waals surface area contributed by atoms with Crippen LogP contribution in [0.1, 0.15) is 181 Å². The van der Waals surface area contributed by atoms with Crippen molar-refractivity contribution in [2.75, 3.05) is 26.4 Å². The Bertz CT molecular complexity index is 1290. The molecule has 2 rings (SSSR count). The van der Waals surface area contributed by atoms with Gasteiger partial charge < -0.3 is 64.2 Å². The van der Waals surface area contributed by atoms with E-state index < -0.39 is 99.3 Å². The van der Waals surface area contributed by atoms with Crippen molar-refractivity contribution < 1.29 is 73.8 Å². The summed E-state index contributed by atoms with van der Waals surface area (Å²) in [6.45, 7) is 2.54. The molecule has 0 radical (unpaired) electrons. The summed E-state index contributed by atoms with van der Waals surface area (Å²) in [4.78, 5) is 25.7. The molecule has 384 valence electrons. The lowest BCUT2D eigenvalue weighted by Crippen LogP contribution is -2.61. The van der Waals surface area contributed by atoms with Crippen LogP contribution in [0.15, 0.2) is 36.5 Å². The smallest absolute Gasteiger partial charge is 0.306 e. The number of unbranched alkanes of at least 4 members (excludes halogenated alkanes) is 20. The standard InChI is InChI=1S/C51H90O15/c1-3-5-7-9-11-13-15-17-19-21-23-25-27-29-31-33-42(53)61-36-39(64-43(54)34-32-30-28-26-24-22-20-18-16-14-12-10-8-6-4-2)37-62-50-49(60)47(58)45(56)41(66-50)38-63-51-48(59)46(57)44(55)40(35-52)65-51/h14,16-20,39-41,44-52,55-60H,3-13,15,21-38H2,1-2H3/b16-14+,19-17+,20-18+/t39-,40-,41-,44+,45+,46?,47?,48?,49?,50-,51-/m1/s1. The van der Waals surface area contributed by atoms with Crippen LogP contribution in [0.3, 0.4) is 0 Å². The molecule has 2 saturated heterocycles. The van der Waals surface area contributed by atoms with E-state index >= 15 is 0 Å². The Kier molecular flexibility index (Phi) is 35.0. The number of hydrogen-bond acceptors (Lipinski definition) is 15. The van der Waals surface area contributed by atoms with E-state index in [1.54, 1.807) is 0 Å². The zero-order chi connectivity index (χ0) is 48.2. The minimum atomic E-state index is -1.77. The molecule has 66 heavy (non-hydrogen) atoms. The molecule has 0 aromatic rings. The molecule has 11 atom stereocenters. The molecule has 0 spiro atoms. The number of carbonyl (C=O) groups excluding carboxylic acids is 2. The van der Waals surface area contributed by atoms with Gasteiger partial charge in [-0.15, -0.1) is 0 Å². The van der Waals surface area contributed by atoms with E-state index in [9.17, 15) is 45.3 Å². The van der Waals surface area contributed by atoms with Gasteiger partial charge in [0.1, 0.15) is 55.4 Å². The van der Waals surface area contributed by atoms with Gasteiger partial charge in [0, 0.05) is 12.8 Å². The fourth-order valence-electron chi connectivity index (χ4n) is 7.85. The summed E-state index contributed by atoms with van der Waals surface area (Å²) < 4.78 is 33.5. The third-order valence-electron chi connectivity index (χ3n) is 12.1. The minimum absolute atomic E-state index is 0.146. The maximum atomic E-state index is 13.0. The zero-order valence-electron chi connectivity index (χ0n) is 40.4. The number of aliphatic hydroxyl groups excluding tert-OH is 7. The Balaban J connectivity index is 1.83. The Morgan fingerprint density at radius 3 is 1.44 bits per heavy atom. The molecule has 2 aliphatic heterocycles. The van der Waals surface area contributed by atoms with Crippen LogP contribution in [-0.4, -0.2) is 142 Å². The molecule has 0 saturated carbocycles. The summed E-state index contributed by atoms with van der Waals surface area (Å²) in [5.74, 6) is -0.951. The van der Waals surface area contributed by atoms with Gasteiger partial charge in [0.2, 0.25) is 0 Å². The average molecular weight is 943 g/mol. The van der Waals surface area contributed by atoms with Gasteiger partial charge in [-0.3, -0.25) is 9.59 Å². The van der Waals surface area contributed by atoms with Crippen molar-refractivity contribution in [3.05, 3.63) is 36.5 Å². The molecule has 15 heteroatoms. The first-order valence-electron chi connectivity index (χ1n) is 25.6. The van der Waals surface area contributed by atoms with Crippen LogP contribution in [0.4, 0.5) is 0 Å². The van der Waals surface area contributed by atoms with Crippen molar-refractivity contribution in [3.8, 4) is 0 Å². The van der Waals surface area contributed by atoms with Gasteiger partial charge in [0.05, 0.1) is 19.8 Å². The van der Waals surface area contributed by atoms with Gasteiger partial charge >= 0.3 is 11.9 Å². The molecule has 0 aliphatic carbocycles. The quantitative estimate of drug-likeness (QED) is 0.0143. The molecular formula is C51H90O15. The molecule has 0 bridgehead atoms. The van der Waals surface area contributed by atoms with Gasteiger partial charge in [0.15, 0.2) is 18.7 Å². The summed E-state index contributed by atoms with van der Waals surface area (Å²) in [6.07, 6.45) is 23.1. The fraction of sp³-hybridized carbons (Fsp3) is 0.843. The Morgan fingerprint density at radius 2 is 0.909 bits per heavy atom. The zero-order valence-corrected chi connectivity index (χ0v) is 40.4. The van der Waals surface area contributed by atoms with Gasteiger partial charge in [0.25, 0.3) is 0 Å². The van der Waals surface area contributed by atoms with E-state index in [-0.39, 0.29) is 19.4 Å². The van der Waals surface area contributed by atoms with Crippen molar-refractivity contribution in [1.29, 1.82) is 0 Å². The number of ether oxygens (including phenoxy) is 6. The van der Waals surface area contributed by atoms with Gasteiger partial charge in [-0.1, -0.05) is 140 Å². The molecule has 2 aliphatic rings. The summed E-state index contributed by atoms with van der Waals surface area (Å²) in [5.41, 5.74) is 0. The first-order valence-corrected chi connectivity index (χ1v) is 25.6. The lowest BCUT2D eigenvalue weighted by atomic mass is 9.98. The monoisotopic (exact) mass is 943 g/mol. The lowest BCUT2D eigenvalue weighted by Gasteiger charge is -2.42.